The molecule has 352 valence electrons. The first kappa shape index (κ1) is 46.6. The number of fused-ring (bicyclic) bond motifs is 1. The van der Waals surface area contributed by atoms with Crippen molar-refractivity contribution >= 4 is 34.8 Å². The molecule has 0 radical (unpaired) electrons. The minimum atomic E-state index is -0.477. The second-order valence-corrected chi connectivity index (χ2v) is 18.1. The van der Waals surface area contributed by atoms with E-state index in [1.54, 1.807) is 18.2 Å². The first-order valence-corrected chi connectivity index (χ1v) is 24.2. The second kappa shape index (κ2) is 21.7. The summed E-state index contributed by atoms with van der Waals surface area (Å²) in [4.78, 5) is 59.6. The van der Waals surface area contributed by atoms with E-state index in [0.717, 1.165) is 36.8 Å². The summed E-state index contributed by atoms with van der Waals surface area (Å²) in [6.07, 6.45) is 7.65. The Labute approximate surface area is 401 Å². The summed E-state index contributed by atoms with van der Waals surface area (Å²) in [5.74, 6) is -1.27. The minimum Gasteiger partial charge on any atom is -0.426 e. The molecule has 2 fully saturated rings. The molecular weight excluding hydrogens is 871 g/mol. The van der Waals surface area contributed by atoms with E-state index < -0.39 is 23.8 Å². The fraction of sp³-hybridized carbons (Fsp3) is 0.316. The van der Waals surface area contributed by atoms with Gasteiger partial charge in [0, 0.05) is 5.56 Å². The Bertz CT molecular complexity index is 2900. The van der Waals surface area contributed by atoms with Gasteiger partial charge in [0.1, 0.15) is 28.5 Å². The SMILES string of the molecule is CCCc1ccc(OC(=O)C2CCC(C(=O)Oc3ccc(OC(=O)C4CCC(C(=O)Oc5ccc(CCC)cc5)CC4)c4c(-c5ccccc5)cc(-c5nnc(-c6ccccc6)o5)nc34)CC2)cc1. The molecule has 7 aromatic rings. The highest BCUT2D eigenvalue weighted by atomic mass is 16.5. The number of ether oxygens (including phenoxy) is 4. The van der Waals surface area contributed by atoms with E-state index in [2.05, 4.69) is 24.0 Å². The van der Waals surface area contributed by atoms with E-state index in [4.69, 9.17) is 28.3 Å². The molecule has 69 heavy (non-hydrogen) atoms. The van der Waals surface area contributed by atoms with Crippen LogP contribution in [0.15, 0.2) is 132 Å². The van der Waals surface area contributed by atoms with Crippen LogP contribution in [0.3, 0.4) is 0 Å². The molecule has 2 saturated carbocycles. The Morgan fingerprint density at radius 1 is 0.493 bits per heavy atom. The van der Waals surface area contributed by atoms with Crippen molar-refractivity contribution < 1.29 is 42.5 Å². The molecule has 0 saturated heterocycles. The van der Waals surface area contributed by atoms with Gasteiger partial charge in [0.2, 0.25) is 5.89 Å². The molecule has 0 spiro atoms. The number of pyridine rings is 1. The van der Waals surface area contributed by atoms with E-state index in [0.29, 0.717) is 85.4 Å². The number of hydrogen-bond donors (Lipinski definition) is 0. The quantitative estimate of drug-likeness (QED) is 0.0709. The first-order chi connectivity index (χ1) is 33.7. The molecule has 5 aromatic carbocycles. The van der Waals surface area contributed by atoms with Crippen LogP contribution in [0.5, 0.6) is 23.0 Å². The van der Waals surface area contributed by atoms with Gasteiger partial charge in [-0.1, -0.05) is 99.5 Å². The Hall–Kier alpha value is -7.47. The van der Waals surface area contributed by atoms with Gasteiger partial charge < -0.3 is 23.4 Å². The number of rotatable bonds is 15. The van der Waals surface area contributed by atoms with Crippen molar-refractivity contribution in [1.82, 2.24) is 15.2 Å². The van der Waals surface area contributed by atoms with Crippen LogP contribution in [-0.4, -0.2) is 39.1 Å². The fourth-order valence-electron chi connectivity index (χ4n) is 9.37. The van der Waals surface area contributed by atoms with Crippen molar-refractivity contribution in [2.24, 2.45) is 23.7 Å². The van der Waals surface area contributed by atoms with Gasteiger partial charge in [-0.15, -0.1) is 10.2 Å². The summed E-state index contributed by atoms with van der Waals surface area (Å²) in [7, 11) is 0. The van der Waals surface area contributed by atoms with Crippen LogP contribution in [-0.2, 0) is 32.0 Å². The maximum absolute atomic E-state index is 14.1. The van der Waals surface area contributed by atoms with Gasteiger partial charge in [0.25, 0.3) is 5.89 Å². The predicted octanol–water partition coefficient (Wildman–Crippen LogP) is 12.2. The van der Waals surface area contributed by atoms with Crippen LogP contribution in [0.25, 0.3) is 45.1 Å². The second-order valence-electron chi connectivity index (χ2n) is 18.1. The summed E-state index contributed by atoms with van der Waals surface area (Å²) in [5, 5.41) is 9.13. The molecule has 0 amide bonds. The van der Waals surface area contributed by atoms with Crippen molar-refractivity contribution in [3.63, 3.8) is 0 Å². The Balaban J connectivity index is 0.965. The largest absolute Gasteiger partial charge is 0.426 e. The molecule has 12 nitrogen and oxygen atoms in total. The molecule has 2 heterocycles. The molecule has 2 aliphatic carbocycles. The van der Waals surface area contributed by atoms with Crippen molar-refractivity contribution in [1.29, 1.82) is 0 Å². The average molecular weight is 926 g/mol. The van der Waals surface area contributed by atoms with Crippen molar-refractivity contribution in [3.05, 3.63) is 139 Å². The standard InChI is InChI=1S/C57H55N3O9/c1-3-11-36-17-29-44(30-18-36)65-54(61)40-21-25-42(26-22-40)56(63)67-48-33-34-49(68-57(64)43-27-23-41(24-28-43)55(62)66-45-31-19-37(12-4-2)20-32-45)51-50(48)46(38-13-7-5-8-14-38)35-47(58-51)53-60-59-52(69-53)39-15-9-6-10-16-39/h5-10,13-20,29-35,40-43H,3-4,11-12,21-28H2,1-2H3. The summed E-state index contributed by atoms with van der Waals surface area (Å²) >= 11 is 0. The molecule has 9 rings (SSSR count). The number of carbonyl (C=O) groups is 4. The normalized spacial score (nSPS) is 18.0. The molecule has 0 N–H and O–H groups in total. The van der Waals surface area contributed by atoms with Crippen LogP contribution in [0.4, 0.5) is 0 Å². The molecule has 2 aromatic heterocycles. The van der Waals surface area contributed by atoms with Crippen molar-refractivity contribution in [3.8, 4) is 57.2 Å². The monoisotopic (exact) mass is 925 g/mol. The Morgan fingerprint density at radius 2 is 0.913 bits per heavy atom. The number of aromatic nitrogens is 3. The van der Waals surface area contributed by atoms with Gasteiger partial charge in [-0.3, -0.25) is 19.2 Å². The number of benzene rings is 5. The minimum absolute atomic E-state index is 0.138. The molecule has 0 aliphatic heterocycles. The number of carbonyl (C=O) groups excluding carboxylic acids is 4. The van der Waals surface area contributed by atoms with E-state index in [1.807, 2.05) is 109 Å². The maximum atomic E-state index is 14.1. The van der Waals surface area contributed by atoms with Gasteiger partial charge in [0.15, 0.2) is 5.75 Å². The summed E-state index contributed by atoms with van der Waals surface area (Å²) in [5.41, 5.74) is 5.08. The van der Waals surface area contributed by atoms with Crippen LogP contribution in [0.2, 0.25) is 0 Å². The van der Waals surface area contributed by atoms with E-state index >= 15 is 0 Å². The van der Waals surface area contributed by atoms with Gasteiger partial charge in [0.05, 0.1) is 29.1 Å². The van der Waals surface area contributed by atoms with Crippen molar-refractivity contribution in [2.45, 2.75) is 90.9 Å². The molecule has 0 unspecified atom stereocenters. The summed E-state index contributed by atoms with van der Waals surface area (Å²) in [6, 6.07) is 39.2. The lowest BCUT2D eigenvalue weighted by atomic mass is 9.82. The zero-order valence-corrected chi connectivity index (χ0v) is 38.9. The summed E-state index contributed by atoms with van der Waals surface area (Å²) in [6.45, 7) is 4.24. The molecule has 2 aliphatic rings. The third-order valence-electron chi connectivity index (χ3n) is 13.2. The number of nitrogens with zero attached hydrogens (tertiary/aromatic N) is 3. The van der Waals surface area contributed by atoms with E-state index in [1.165, 1.54) is 11.1 Å². The van der Waals surface area contributed by atoms with Gasteiger partial charge in [-0.25, -0.2) is 4.98 Å². The smallest absolute Gasteiger partial charge is 0.314 e. The predicted molar refractivity (Wildman–Crippen MR) is 260 cm³/mol. The summed E-state index contributed by atoms with van der Waals surface area (Å²) < 4.78 is 30.2. The first-order valence-electron chi connectivity index (χ1n) is 24.2. The molecule has 0 bridgehead atoms. The lowest BCUT2D eigenvalue weighted by molar-refractivity contribution is -0.145. The molecule has 0 atom stereocenters. The number of esters is 4. The zero-order valence-electron chi connectivity index (χ0n) is 38.9. The van der Waals surface area contributed by atoms with Crippen LogP contribution in [0.1, 0.15) is 89.2 Å². The van der Waals surface area contributed by atoms with Gasteiger partial charge >= 0.3 is 23.9 Å². The topological polar surface area (TPSA) is 157 Å². The van der Waals surface area contributed by atoms with E-state index in [-0.39, 0.29) is 46.7 Å². The highest BCUT2D eigenvalue weighted by molar-refractivity contribution is 6.04. The van der Waals surface area contributed by atoms with Crippen LogP contribution < -0.4 is 18.9 Å². The number of aryl methyl sites for hydroxylation is 2. The Morgan fingerprint density at radius 3 is 1.39 bits per heavy atom. The number of hydrogen-bond acceptors (Lipinski definition) is 12. The van der Waals surface area contributed by atoms with Crippen LogP contribution >= 0.6 is 0 Å². The maximum Gasteiger partial charge on any atom is 0.314 e. The lowest BCUT2D eigenvalue weighted by Gasteiger charge is -2.26. The van der Waals surface area contributed by atoms with Gasteiger partial charge in [-0.05, 0) is 141 Å². The van der Waals surface area contributed by atoms with Gasteiger partial charge in [-0.2, -0.15) is 0 Å². The van der Waals surface area contributed by atoms with E-state index in [9.17, 15) is 19.2 Å². The van der Waals surface area contributed by atoms with Crippen LogP contribution in [0, 0.1) is 23.7 Å². The third-order valence-corrected chi connectivity index (χ3v) is 13.2. The molecule has 12 heteroatoms. The Kier molecular flexibility index (Phi) is 14.6. The van der Waals surface area contributed by atoms with Crippen molar-refractivity contribution in [2.75, 3.05) is 0 Å². The fourth-order valence-corrected chi connectivity index (χ4v) is 9.37. The zero-order chi connectivity index (χ0) is 47.7. The lowest BCUT2D eigenvalue weighted by Crippen LogP contribution is -2.30. The average Bonchev–Trinajstić information content (AvgIpc) is 3.89. The highest BCUT2D eigenvalue weighted by Crippen LogP contribution is 2.43. The highest BCUT2D eigenvalue weighted by Gasteiger charge is 2.35. The molecular formula is C57H55N3O9. The third kappa shape index (κ3) is 11.1.